The molecule has 34 heavy (non-hydrogen) atoms. The van der Waals surface area contributed by atoms with Gasteiger partial charge in [-0.1, -0.05) is 48.5 Å². The maximum Gasteiger partial charge on any atom is 0.259 e. The third-order valence-corrected chi connectivity index (χ3v) is 7.48. The van der Waals surface area contributed by atoms with Crippen LogP contribution >= 0.6 is 11.3 Å². The van der Waals surface area contributed by atoms with Gasteiger partial charge in [0.05, 0.1) is 5.39 Å². The van der Waals surface area contributed by atoms with E-state index in [9.17, 15) is 9.59 Å². The van der Waals surface area contributed by atoms with Crippen LogP contribution in [0.5, 0.6) is 0 Å². The van der Waals surface area contributed by atoms with Crippen LogP contribution in [0.3, 0.4) is 0 Å². The molecule has 5 rings (SSSR count). The van der Waals surface area contributed by atoms with E-state index in [1.165, 1.54) is 11.3 Å². The van der Waals surface area contributed by atoms with Crippen molar-refractivity contribution in [2.45, 2.75) is 32.6 Å². The van der Waals surface area contributed by atoms with Gasteiger partial charge in [0.2, 0.25) is 5.91 Å². The number of rotatable bonds is 7. The summed E-state index contributed by atoms with van der Waals surface area (Å²) in [6.07, 6.45) is 2.67. The number of aryl methyl sites for hydroxylation is 3. The van der Waals surface area contributed by atoms with Crippen molar-refractivity contribution in [1.29, 1.82) is 0 Å². The molecule has 0 aliphatic heterocycles. The summed E-state index contributed by atoms with van der Waals surface area (Å²) < 4.78 is 0. The first-order chi connectivity index (χ1) is 16.5. The Bertz CT molecular complexity index is 1530. The highest BCUT2D eigenvalue weighted by Crippen LogP contribution is 2.30. The summed E-state index contributed by atoms with van der Waals surface area (Å²) in [4.78, 5) is 37.9. The lowest BCUT2D eigenvalue weighted by Crippen LogP contribution is -2.29. The smallest absolute Gasteiger partial charge is 0.259 e. The van der Waals surface area contributed by atoms with E-state index in [0.29, 0.717) is 24.2 Å². The number of hydrogen-bond donors (Lipinski definition) is 3. The fourth-order valence-corrected chi connectivity index (χ4v) is 5.48. The van der Waals surface area contributed by atoms with E-state index in [-0.39, 0.29) is 23.8 Å². The monoisotopic (exact) mass is 470 g/mol. The van der Waals surface area contributed by atoms with Gasteiger partial charge in [0.25, 0.3) is 5.56 Å². The molecule has 2 aromatic carbocycles. The minimum absolute atomic E-state index is 0.0210. The zero-order chi connectivity index (χ0) is 23.7. The second-order valence-electron chi connectivity index (χ2n) is 8.53. The number of benzene rings is 2. The maximum atomic E-state index is 12.8. The Hall–Kier alpha value is -3.71. The summed E-state index contributed by atoms with van der Waals surface area (Å²) in [5.41, 5.74) is 4.22. The summed E-state index contributed by atoms with van der Waals surface area (Å²) >= 11 is 1.52. The van der Waals surface area contributed by atoms with Gasteiger partial charge < -0.3 is 15.3 Å². The van der Waals surface area contributed by atoms with Crippen molar-refractivity contribution >= 4 is 38.4 Å². The van der Waals surface area contributed by atoms with Crippen LogP contribution in [0.1, 0.15) is 39.7 Å². The predicted molar refractivity (Wildman–Crippen MR) is 138 cm³/mol. The van der Waals surface area contributed by atoms with Crippen LogP contribution in [-0.4, -0.2) is 27.4 Å². The molecule has 7 heteroatoms. The van der Waals surface area contributed by atoms with E-state index >= 15 is 0 Å². The van der Waals surface area contributed by atoms with Gasteiger partial charge in [0, 0.05) is 47.3 Å². The summed E-state index contributed by atoms with van der Waals surface area (Å²) in [6, 6.07) is 18.4. The molecule has 3 aromatic heterocycles. The molecule has 6 nitrogen and oxygen atoms in total. The van der Waals surface area contributed by atoms with Gasteiger partial charge in [-0.25, -0.2) is 4.98 Å². The first kappa shape index (κ1) is 22.1. The van der Waals surface area contributed by atoms with Crippen molar-refractivity contribution in [3.05, 3.63) is 98.5 Å². The van der Waals surface area contributed by atoms with E-state index < -0.39 is 0 Å². The zero-order valence-electron chi connectivity index (χ0n) is 19.1. The van der Waals surface area contributed by atoms with Crippen LogP contribution in [0.2, 0.25) is 0 Å². The van der Waals surface area contributed by atoms with E-state index in [2.05, 4.69) is 44.5 Å². The van der Waals surface area contributed by atoms with Crippen LogP contribution in [0.4, 0.5) is 0 Å². The van der Waals surface area contributed by atoms with Crippen LogP contribution in [0.25, 0.3) is 21.1 Å². The van der Waals surface area contributed by atoms with Gasteiger partial charge in [-0.05, 0) is 36.6 Å². The molecule has 0 radical (unpaired) electrons. The van der Waals surface area contributed by atoms with Gasteiger partial charge in [-0.3, -0.25) is 9.59 Å². The normalized spacial score (nSPS) is 12.3. The zero-order valence-corrected chi connectivity index (χ0v) is 20.0. The highest BCUT2D eigenvalue weighted by Gasteiger charge is 2.19. The largest absolute Gasteiger partial charge is 0.361 e. The van der Waals surface area contributed by atoms with E-state index in [1.807, 2.05) is 50.4 Å². The van der Waals surface area contributed by atoms with E-state index in [1.54, 1.807) is 0 Å². The van der Waals surface area contributed by atoms with Crippen molar-refractivity contribution in [2.75, 3.05) is 6.54 Å². The highest BCUT2D eigenvalue weighted by molar-refractivity contribution is 7.18. The molecule has 0 aliphatic rings. The number of H-pyrrole nitrogens is 2. The Morgan fingerprint density at radius 1 is 1.09 bits per heavy atom. The number of aromatic nitrogens is 3. The number of carbonyl (C=O) groups excluding carboxylic acids is 1. The molecule has 1 atom stereocenters. The number of carbonyl (C=O) groups is 1. The fourth-order valence-electron chi connectivity index (χ4n) is 4.43. The average Bonchev–Trinajstić information content (AvgIpc) is 3.39. The third-order valence-electron chi connectivity index (χ3n) is 6.38. The molecule has 0 fully saturated rings. The predicted octanol–water partition coefficient (Wildman–Crippen LogP) is 4.96. The minimum atomic E-state index is -0.134. The van der Waals surface area contributed by atoms with E-state index in [0.717, 1.165) is 37.3 Å². The Kier molecular flexibility index (Phi) is 6.02. The van der Waals surface area contributed by atoms with E-state index in [4.69, 9.17) is 0 Å². The number of hydrogen-bond acceptors (Lipinski definition) is 4. The quantitative estimate of drug-likeness (QED) is 0.314. The minimum Gasteiger partial charge on any atom is -0.361 e. The second kappa shape index (κ2) is 9.27. The average molecular weight is 471 g/mol. The topological polar surface area (TPSA) is 90.6 Å². The summed E-state index contributed by atoms with van der Waals surface area (Å²) in [5.74, 6) is 0.500. The van der Waals surface area contributed by atoms with Crippen molar-refractivity contribution in [2.24, 2.45) is 0 Å². The lowest BCUT2D eigenvalue weighted by Gasteiger charge is -2.18. The lowest BCUT2D eigenvalue weighted by atomic mass is 9.91. The molecular weight excluding hydrogens is 444 g/mol. The fraction of sp³-hybridized carbons (Fsp3) is 0.222. The van der Waals surface area contributed by atoms with Crippen molar-refractivity contribution in [3.8, 4) is 0 Å². The van der Waals surface area contributed by atoms with Gasteiger partial charge in [-0.2, -0.15) is 0 Å². The molecule has 0 bridgehead atoms. The van der Waals surface area contributed by atoms with Crippen molar-refractivity contribution < 1.29 is 4.79 Å². The molecule has 1 amide bonds. The number of para-hydroxylation sites is 1. The first-order valence-electron chi connectivity index (χ1n) is 11.4. The number of fused-ring (bicyclic) bond motifs is 2. The lowest BCUT2D eigenvalue weighted by molar-refractivity contribution is -0.121. The van der Waals surface area contributed by atoms with Crippen LogP contribution in [0, 0.1) is 13.8 Å². The van der Waals surface area contributed by atoms with Gasteiger partial charge >= 0.3 is 0 Å². The number of amides is 1. The molecule has 0 saturated heterocycles. The van der Waals surface area contributed by atoms with Crippen LogP contribution < -0.4 is 10.9 Å². The SMILES string of the molecule is Cc1sc2nc(CCC(=O)NCC(c3ccccc3)c3c[nH]c4ccccc34)[nH]c(=O)c2c1C. The highest BCUT2D eigenvalue weighted by atomic mass is 32.1. The molecule has 3 heterocycles. The summed E-state index contributed by atoms with van der Waals surface area (Å²) in [5, 5.41) is 4.91. The molecule has 0 aliphatic carbocycles. The number of aromatic amines is 2. The molecule has 3 N–H and O–H groups in total. The Labute approximate surface area is 201 Å². The molecular formula is C27H26N4O2S. The number of nitrogens with zero attached hydrogens (tertiary/aromatic N) is 1. The molecule has 0 saturated carbocycles. The van der Waals surface area contributed by atoms with Crippen molar-refractivity contribution in [1.82, 2.24) is 20.3 Å². The molecule has 0 spiro atoms. The summed E-state index contributed by atoms with van der Waals surface area (Å²) in [6.45, 7) is 4.41. The first-order valence-corrected chi connectivity index (χ1v) is 12.2. The molecule has 172 valence electrons. The Morgan fingerprint density at radius 2 is 1.85 bits per heavy atom. The molecule has 1 unspecified atom stereocenters. The standard InChI is InChI=1S/C27H26N4O2S/c1-16-17(2)34-27-25(16)26(33)30-23(31-27)12-13-24(32)29-14-20(18-8-4-3-5-9-18)21-15-28-22-11-7-6-10-19(21)22/h3-11,15,20,28H,12-14H2,1-2H3,(H,29,32)(H,30,31,33). The third kappa shape index (κ3) is 4.26. The van der Waals surface area contributed by atoms with Gasteiger partial charge in [-0.15, -0.1) is 11.3 Å². The van der Waals surface area contributed by atoms with Gasteiger partial charge in [0.1, 0.15) is 10.7 Å². The Morgan fingerprint density at radius 3 is 2.68 bits per heavy atom. The van der Waals surface area contributed by atoms with Gasteiger partial charge in [0.15, 0.2) is 0 Å². The van der Waals surface area contributed by atoms with Crippen LogP contribution in [0.15, 0.2) is 65.6 Å². The van der Waals surface area contributed by atoms with Crippen LogP contribution in [-0.2, 0) is 11.2 Å². The second-order valence-corrected chi connectivity index (χ2v) is 9.74. The Balaban J connectivity index is 1.31. The number of thiophene rings is 1. The number of nitrogens with one attached hydrogen (secondary N) is 3. The maximum absolute atomic E-state index is 12.8. The summed E-state index contributed by atoms with van der Waals surface area (Å²) in [7, 11) is 0. The van der Waals surface area contributed by atoms with Crippen molar-refractivity contribution in [3.63, 3.8) is 0 Å². The molecule has 5 aromatic rings.